The molecule has 0 atom stereocenters. The molecule has 1 aromatic carbocycles. The monoisotopic (exact) mass is 491 g/mol. The minimum Gasteiger partial charge on any atom is -0.348 e. The summed E-state index contributed by atoms with van der Waals surface area (Å²) in [6.07, 6.45) is -1.22. The third-order valence-electron chi connectivity index (χ3n) is 4.17. The highest BCUT2D eigenvalue weighted by Crippen LogP contribution is 2.29. The van der Waals surface area contributed by atoms with Gasteiger partial charge in [0.05, 0.1) is 6.26 Å². The zero-order chi connectivity index (χ0) is 25.0. The van der Waals surface area contributed by atoms with Crippen LogP contribution in [0.1, 0.15) is 36.4 Å². The molecule has 1 aromatic heterocycles. The van der Waals surface area contributed by atoms with Crippen LogP contribution < -0.4 is 10.0 Å². The van der Waals surface area contributed by atoms with Crippen LogP contribution in [0.15, 0.2) is 30.3 Å². The van der Waals surface area contributed by atoms with E-state index < -0.39 is 45.1 Å². The Morgan fingerprint density at radius 1 is 1.15 bits per heavy atom. The molecule has 180 valence electrons. The molecule has 0 aliphatic carbocycles. The number of pyridine rings is 1. The molecule has 0 fully saturated rings. The summed E-state index contributed by atoms with van der Waals surface area (Å²) >= 11 is 0. The van der Waals surface area contributed by atoms with Crippen LogP contribution in [0.5, 0.6) is 0 Å². The van der Waals surface area contributed by atoms with Crippen molar-refractivity contribution in [2.24, 2.45) is 5.92 Å². The number of aromatic nitrogens is 1. The summed E-state index contributed by atoms with van der Waals surface area (Å²) in [6, 6.07) is 3.76. The van der Waals surface area contributed by atoms with Crippen LogP contribution in [-0.2, 0) is 34.0 Å². The second-order valence-corrected chi connectivity index (χ2v) is 9.44. The number of carbonyl (C=O) groups is 1. The van der Waals surface area contributed by atoms with E-state index in [2.05, 4.69) is 10.3 Å². The van der Waals surface area contributed by atoms with Crippen LogP contribution >= 0.6 is 0 Å². The van der Waals surface area contributed by atoms with Gasteiger partial charge in [-0.3, -0.25) is 9.52 Å². The highest BCUT2D eigenvalue weighted by Gasteiger charge is 2.32. The standard InChI is InChI=1S/C21H22F5N3O3S/c1-12(2)8-17-14(4-6-18(28-17)21(24,25)26)5-7-19(30)27-11-13-9-15(22)20(16(23)10-13)29-33(3,31)32/h4-7,9-10,12,29H,8,11H2,1-3H3,(H,27,30)/b7-5+. The first-order chi connectivity index (χ1) is 15.2. The van der Waals surface area contributed by atoms with Crippen molar-refractivity contribution in [2.75, 3.05) is 11.0 Å². The quantitative estimate of drug-likeness (QED) is 0.426. The highest BCUT2D eigenvalue weighted by molar-refractivity contribution is 7.92. The van der Waals surface area contributed by atoms with Gasteiger partial charge in [-0.2, -0.15) is 13.2 Å². The van der Waals surface area contributed by atoms with E-state index in [0.29, 0.717) is 5.56 Å². The van der Waals surface area contributed by atoms with Crippen molar-refractivity contribution in [1.82, 2.24) is 10.3 Å². The molecule has 12 heteroatoms. The van der Waals surface area contributed by atoms with Crippen LogP contribution in [0.2, 0.25) is 0 Å². The third-order valence-corrected chi connectivity index (χ3v) is 4.75. The molecule has 2 aromatic rings. The summed E-state index contributed by atoms with van der Waals surface area (Å²) in [7, 11) is -3.89. The first-order valence-electron chi connectivity index (χ1n) is 9.64. The van der Waals surface area contributed by atoms with Crippen molar-refractivity contribution in [1.29, 1.82) is 0 Å². The Labute approximate surface area is 188 Å². The molecule has 0 bridgehead atoms. The largest absolute Gasteiger partial charge is 0.433 e. The molecular weight excluding hydrogens is 469 g/mol. The first-order valence-corrected chi connectivity index (χ1v) is 11.5. The van der Waals surface area contributed by atoms with Gasteiger partial charge in [0.15, 0.2) is 11.6 Å². The van der Waals surface area contributed by atoms with Crippen LogP contribution in [0, 0.1) is 17.6 Å². The average Bonchev–Trinajstić information content (AvgIpc) is 2.66. The van der Waals surface area contributed by atoms with Crippen molar-refractivity contribution < 1.29 is 35.2 Å². The van der Waals surface area contributed by atoms with E-state index in [1.165, 1.54) is 12.1 Å². The van der Waals surface area contributed by atoms with Gasteiger partial charge in [0.25, 0.3) is 0 Å². The molecule has 2 rings (SSSR count). The average molecular weight is 491 g/mol. The van der Waals surface area contributed by atoms with E-state index in [9.17, 15) is 35.2 Å². The maximum Gasteiger partial charge on any atom is 0.433 e. The summed E-state index contributed by atoms with van der Waals surface area (Å²) in [6.45, 7) is 3.36. The van der Waals surface area contributed by atoms with E-state index in [1.54, 1.807) is 4.72 Å². The maximum absolute atomic E-state index is 14.0. The smallest absolute Gasteiger partial charge is 0.348 e. The lowest BCUT2D eigenvalue weighted by molar-refractivity contribution is -0.141. The number of anilines is 1. The van der Waals surface area contributed by atoms with E-state index >= 15 is 0 Å². The molecule has 0 saturated heterocycles. The number of carbonyl (C=O) groups excluding carboxylic acids is 1. The van der Waals surface area contributed by atoms with Gasteiger partial charge >= 0.3 is 6.18 Å². The summed E-state index contributed by atoms with van der Waals surface area (Å²) in [5.41, 5.74) is -1.32. The maximum atomic E-state index is 14.0. The zero-order valence-electron chi connectivity index (χ0n) is 17.9. The fourth-order valence-electron chi connectivity index (χ4n) is 2.80. The molecule has 6 nitrogen and oxygen atoms in total. The number of rotatable bonds is 8. The third kappa shape index (κ3) is 8.12. The number of hydrogen-bond donors (Lipinski definition) is 2. The summed E-state index contributed by atoms with van der Waals surface area (Å²) in [4.78, 5) is 15.8. The van der Waals surface area contributed by atoms with Crippen molar-refractivity contribution >= 4 is 27.7 Å². The van der Waals surface area contributed by atoms with Crippen molar-refractivity contribution in [3.8, 4) is 0 Å². The number of nitrogens with zero attached hydrogens (tertiary/aromatic N) is 1. The van der Waals surface area contributed by atoms with Crippen LogP contribution in [-0.4, -0.2) is 25.6 Å². The molecule has 0 aliphatic rings. The summed E-state index contributed by atoms with van der Waals surface area (Å²) < 4.78 is 90.9. The molecule has 0 radical (unpaired) electrons. The minimum atomic E-state index is -4.59. The van der Waals surface area contributed by atoms with E-state index in [-0.39, 0.29) is 30.1 Å². The second kappa shape index (κ2) is 10.3. The molecule has 0 aliphatic heterocycles. The SMILES string of the molecule is CC(C)Cc1nc(C(F)(F)F)ccc1/C=C/C(=O)NCc1cc(F)c(NS(C)(=O)=O)c(F)c1. The highest BCUT2D eigenvalue weighted by atomic mass is 32.2. The van der Waals surface area contributed by atoms with Crippen LogP contribution in [0.3, 0.4) is 0 Å². The number of nitrogens with one attached hydrogen (secondary N) is 2. The lowest BCUT2D eigenvalue weighted by atomic mass is 10.0. The van der Waals surface area contributed by atoms with Crippen LogP contribution in [0.25, 0.3) is 6.08 Å². The van der Waals surface area contributed by atoms with Crippen molar-refractivity contribution in [3.05, 3.63) is 64.5 Å². The second-order valence-electron chi connectivity index (χ2n) is 7.69. The summed E-state index contributed by atoms with van der Waals surface area (Å²) in [5, 5.41) is 2.39. The summed E-state index contributed by atoms with van der Waals surface area (Å²) in [5.74, 6) is -2.96. The van der Waals surface area contributed by atoms with Crippen LogP contribution in [0.4, 0.5) is 27.6 Å². The Hall–Kier alpha value is -3.02. The van der Waals surface area contributed by atoms with Gasteiger partial charge in [-0.15, -0.1) is 0 Å². The Balaban J connectivity index is 2.13. The van der Waals surface area contributed by atoms with Gasteiger partial charge in [0, 0.05) is 18.3 Å². The lowest BCUT2D eigenvalue weighted by Crippen LogP contribution is -2.21. The van der Waals surface area contributed by atoms with Gasteiger partial charge in [-0.25, -0.2) is 22.2 Å². The number of alkyl halides is 3. The van der Waals surface area contributed by atoms with E-state index in [4.69, 9.17) is 0 Å². The van der Waals surface area contributed by atoms with E-state index in [1.807, 2.05) is 13.8 Å². The van der Waals surface area contributed by atoms with Gasteiger partial charge < -0.3 is 5.32 Å². The predicted molar refractivity (Wildman–Crippen MR) is 113 cm³/mol. The predicted octanol–water partition coefficient (Wildman–Crippen LogP) is 4.28. The zero-order valence-corrected chi connectivity index (χ0v) is 18.7. The molecule has 0 saturated carbocycles. The van der Waals surface area contributed by atoms with E-state index in [0.717, 1.165) is 30.5 Å². The normalized spacial score (nSPS) is 12.4. The van der Waals surface area contributed by atoms with Gasteiger partial charge in [-0.1, -0.05) is 19.9 Å². The number of hydrogen-bond acceptors (Lipinski definition) is 4. The molecular formula is C21H22F5N3O3S. The fraction of sp³-hybridized carbons (Fsp3) is 0.333. The van der Waals surface area contributed by atoms with Gasteiger partial charge in [-0.05, 0) is 47.7 Å². The first kappa shape index (κ1) is 26.2. The molecule has 1 amide bonds. The fourth-order valence-corrected chi connectivity index (χ4v) is 3.36. The Morgan fingerprint density at radius 2 is 1.76 bits per heavy atom. The van der Waals surface area contributed by atoms with Crippen molar-refractivity contribution in [2.45, 2.75) is 33.0 Å². The minimum absolute atomic E-state index is 0.0203. The number of sulfonamides is 1. The Bertz CT molecular complexity index is 1140. The number of halogens is 5. The van der Waals surface area contributed by atoms with Gasteiger partial charge in [0.1, 0.15) is 11.4 Å². The Morgan fingerprint density at radius 3 is 2.27 bits per heavy atom. The van der Waals surface area contributed by atoms with Crippen molar-refractivity contribution in [3.63, 3.8) is 0 Å². The lowest BCUT2D eigenvalue weighted by Gasteiger charge is -2.12. The van der Waals surface area contributed by atoms with Gasteiger partial charge in [0.2, 0.25) is 15.9 Å². The molecule has 1 heterocycles. The number of amides is 1. The Kier molecular flexibility index (Phi) is 8.17. The molecule has 2 N–H and O–H groups in total. The number of benzene rings is 1. The topological polar surface area (TPSA) is 88.2 Å². The molecule has 0 unspecified atom stereocenters. The molecule has 0 spiro atoms. The molecule has 33 heavy (non-hydrogen) atoms.